The molecule has 16 heavy (non-hydrogen) atoms. The van der Waals surface area contributed by atoms with E-state index in [0.29, 0.717) is 11.0 Å². The zero-order valence-electron chi connectivity index (χ0n) is 8.29. The molecule has 1 N–H and O–H groups in total. The van der Waals surface area contributed by atoms with Crippen molar-refractivity contribution < 1.29 is 0 Å². The van der Waals surface area contributed by atoms with Crippen LogP contribution in [0.25, 0.3) is 16.7 Å². The van der Waals surface area contributed by atoms with Crippen molar-refractivity contribution in [1.82, 2.24) is 19.7 Å². The van der Waals surface area contributed by atoms with Crippen LogP contribution in [0.5, 0.6) is 0 Å². The molecule has 3 aromatic rings. The lowest BCUT2D eigenvalue weighted by Gasteiger charge is -1.98. The second kappa shape index (κ2) is 3.30. The molecular formula is C11H8N4O. The van der Waals surface area contributed by atoms with Gasteiger partial charge in [-0.15, -0.1) is 0 Å². The fourth-order valence-corrected chi connectivity index (χ4v) is 1.62. The van der Waals surface area contributed by atoms with E-state index in [1.807, 2.05) is 30.3 Å². The summed E-state index contributed by atoms with van der Waals surface area (Å²) in [4.78, 5) is 19.8. The first kappa shape index (κ1) is 8.84. The van der Waals surface area contributed by atoms with Gasteiger partial charge in [-0.05, 0) is 12.1 Å². The van der Waals surface area contributed by atoms with Crippen LogP contribution in [-0.2, 0) is 0 Å². The van der Waals surface area contributed by atoms with Crippen LogP contribution >= 0.6 is 0 Å². The van der Waals surface area contributed by atoms with E-state index in [4.69, 9.17) is 0 Å². The average Bonchev–Trinajstić information content (AvgIpc) is 2.69. The van der Waals surface area contributed by atoms with Gasteiger partial charge in [0, 0.05) is 0 Å². The molecule has 0 aliphatic carbocycles. The number of para-hydroxylation sites is 1. The summed E-state index contributed by atoms with van der Waals surface area (Å²) in [6.45, 7) is 0. The van der Waals surface area contributed by atoms with Gasteiger partial charge in [-0.3, -0.25) is 9.89 Å². The van der Waals surface area contributed by atoms with Crippen LogP contribution < -0.4 is 5.56 Å². The predicted molar refractivity (Wildman–Crippen MR) is 59.5 cm³/mol. The summed E-state index contributed by atoms with van der Waals surface area (Å²) in [6.07, 6.45) is 2.95. The smallest absolute Gasteiger partial charge is 0.287 e. The van der Waals surface area contributed by atoms with Gasteiger partial charge in [-0.1, -0.05) is 18.2 Å². The van der Waals surface area contributed by atoms with Gasteiger partial charge in [0.2, 0.25) is 0 Å². The third kappa shape index (κ3) is 1.22. The zero-order chi connectivity index (χ0) is 11.0. The summed E-state index contributed by atoms with van der Waals surface area (Å²) < 4.78 is 1.46. The Morgan fingerprint density at radius 2 is 2.00 bits per heavy atom. The van der Waals surface area contributed by atoms with Crippen molar-refractivity contribution in [2.24, 2.45) is 0 Å². The minimum atomic E-state index is -0.163. The Morgan fingerprint density at radius 1 is 1.19 bits per heavy atom. The van der Waals surface area contributed by atoms with E-state index in [2.05, 4.69) is 15.1 Å². The third-order valence-corrected chi connectivity index (χ3v) is 2.36. The molecule has 1 aromatic carbocycles. The van der Waals surface area contributed by atoms with Crippen LogP contribution in [0.3, 0.4) is 0 Å². The fraction of sp³-hybridized carbons (Fsp3) is 0. The van der Waals surface area contributed by atoms with Crippen molar-refractivity contribution >= 4 is 11.0 Å². The van der Waals surface area contributed by atoms with Crippen molar-refractivity contribution in [2.75, 3.05) is 0 Å². The molecule has 78 valence electrons. The molecule has 5 heteroatoms. The van der Waals surface area contributed by atoms with Crippen molar-refractivity contribution in [1.29, 1.82) is 0 Å². The molecule has 2 aromatic heterocycles. The molecule has 0 atom stereocenters. The molecule has 0 amide bonds. The van der Waals surface area contributed by atoms with E-state index in [9.17, 15) is 4.79 Å². The number of hydrogen-bond donors (Lipinski definition) is 1. The summed E-state index contributed by atoms with van der Waals surface area (Å²) >= 11 is 0. The quantitative estimate of drug-likeness (QED) is 0.657. The summed E-state index contributed by atoms with van der Waals surface area (Å²) in [6, 6.07) is 9.35. The van der Waals surface area contributed by atoms with E-state index in [1.54, 1.807) is 6.20 Å². The first-order valence-corrected chi connectivity index (χ1v) is 4.82. The summed E-state index contributed by atoms with van der Waals surface area (Å²) in [5.74, 6) is 0. The molecular weight excluding hydrogens is 204 g/mol. The Kier molecular flexibility index (Phi) is 1.83. The number of benzene rings is 1. The maximum Gasteiger partial charge on any atom is 0.297 e. The maximum atomic E-state index is 12.0. The van der Waals surface area contributed by atoms with E-state index in [1.165, 1.54) is 11.0 Å². The van der Waals surface area contributed by atoms with Crippen LogP contribution in [0, 0.1) is 0 Å². The highest BCUT2D eigenvalue weighted by Crippen LogP contribution is 2.06. The Hall–Kier alpha value is -2.43. The molecule has 2 heterocycles. The minimum Gasteiger partial charge on any atom is -0.287 e. The molecule has 0 saturated carbocycles. The Morgan fingerprint density at radius 3 is 2.75 bits per heavy atom. The third-order valence-electron chi connectivity index (χ3n) is 2.36. The van der Waals surface area contributed by atoms with Crippen LogP contribution in [0.2, 0.25) is 0 Å². The number of nitrogens with one attached hydrogen (secondary N) is 1. The fourth-order valence-electron chi connectivity index (χ4n) is 1.62. The van der Waals surface area contributed by atoms with Crippen molar-refractivity contribution in [3.63, 3.8) is 0 Å². The lowest BCUT2D eigenvalue weighted by atomic mass is 10.3. The van der Waals surface area contributed by atoms with Crippen LogP contribution in [-0.4, -0.2) is 19.7 Å². The molecule has 0 unspecified atom stereocenters. The van der Waals surface area contributed by atoms with Crippen molar-refractivity contribution in [2.45, 2.75) is 0 Å². The van der Waals surface area contributed by atoms with Gasteiger partial charge >= 0.3 is 0 Å². The Labute approximate surface area is 90.4 Å². The van der Waals surface area contributed by atoms with Gasteiger partial charge in [0.1, 0.15) is 11.8 Å². The van der Waals surface area contributed by atoms with Gasteiger partial charge < -0.3 is 0 Å². The molecule has 0 radical (unpaired) electrons. The summed E-state index contributed by atoms with van der Waals surface area (Å²) in [7, 11) is 0. The number of H-pyrrole nitrogens is 1. The average molecular weight is 212 g/mol. The standard InChI is InChI=1S/C11H8N4O/c16-11-10-9(6-12-7-13-10)14-15(11)8-4-2-1-3-5-8/h1-7,14H. The molecule has 0 spiro atoms. The van der Waals surface area contributed by atoms with Gasteiger partial charge in [-0.25, -0.2) is 14.6 Å². The normalized spacial score (nSPS) is 10.8. The number of hydrogen-bond acceptors (Lipinski definition) is 3. The highest BCUT2D eigenvalue weighted by Gasteiger charge is 2.08. The molecule has 0 bridgehead atoms. The van der Waals surface area contributed by atoms with E-state index in [0.717, 1.165) is 5.69 Å². The van der Waals surface area contributed by atoms with Crippen molar-refractivity contribution in [3.05, 3.63) is 53.2 Å². The molecule has 0 saturated heterocycles. The zero-order valence-corrected chi connectivity index (χ0v) is 8.29. The highest BCUT2D eigenvalue weighted by atomic mass is 16.1. The predicted octanol–water partition coefficient (Wildman–Crippen LogP) is 1.11. The lowest BCUT2D eigenvalue weighted by Crippen LogP contribution is -2.14. The van der Waals surface area contributed by atoms with Gasteiger partial charge in [-0.2, -0.15) is 0 Å². The number of fused-ring (bicyclic) bond motifs is 1. The molecule has 0 aliphatic heterocycles. The molecule has 0 aliphatic rings. The molecule has 3 rings (SSSR count). The highest BCUT2D eigenvalue weighted by molar-refractivity contribution is 5.72. The first-order chi connectivity index (χ1) is 7.86. The Bertz CT molecular complexity index is 684. The monoisotopic (exact) mass is 212 g/mol. The van der Waals surface area contributed by atoms with Gasteiger partial charge in [0.05, 0.1) is 11.9 Å². The lowest BCUT2D eigenvalue weighted by molar-refractivity contribution is 0.862. The SMILES string of the molecule is O=c1c2ncncc2[nH]n1-c1ccccc1. The van der Waals surface area contributed by atoms with E-state index < -0.39 is 0 Å². The second-order valence-electron chi connectivity index (χ2n) is 3.37. The topological polar surface area (TPSA) is 63.6 Å². The van der Waals surface area contributed by atoms with E-state index in [-0.39, 0.29) is 5.56 Å². The number of nitrogens with zero attached hydrogens (tertiary/aromatic N) is 3. The Balaban J connectivity index is 2.34. The van der Waals surface area contributed by atoms with Crippen LogP contribution in [0.1, 0.15) is 0 Å². The van der Waals surface area contributed by atoms with Gasteiger partial charge in [0.25, 0.3) is 5.56 Å². The number of aromatic amines is 1. The van der Waals surface area contributed by atoms with Gasteiger partial charge in [0.15, 0.2) is 5.52 Å². The largest absolute Gasteiger partial charge is 0.297 e. The second-order valence-corrected chi connectivity index (χ2v) is 3.37. The minimum absolute atomic E-state index is 0.163. The first-order valence-electron chi connectivity index (χ1n) is 4.82. The van der Waals surface area contributed by atoms with Crippen molar-refractivity contribution in [3.8, 4) is 5.69 Å². The summed E-state index contributed by atoms with van der Waals surface area (Å²) in [5, 5.41) is 2.96. The molecule has 0 fully saturated rings. The van der Waals surface area contributed by atoms with Crippen LogP contribution in [0.4, 0.5) is 0 Å². The number of rotatable bonds is 1. The summed E-state index contributed by atoms with van der Waals surface area (Å²) in [5.41, 5.74) is 1.66. The number of aromatic nitrogens is 4. The molecule has 5 nitrogen and oxygen atoms in total. The maximum absolute atomic E-state index is 12.0. The van der Waals surface area contributed by atoms with Crippen LogP contribution in [0.15, 0.2) is 47.7 Å². The van der Waals surface area contributed by atoms with E-state index >= 15 is 0 Å².